The number of aromatic nitrogens is 3. The van der Waals surface area contributed by atoms with Crippen molar-refractivity contribution in [2.24, 2.45) is 0 Å². The Balaban J connectivity index is 1.44. The van der Waals surface area contributed by atoms with Crippen LogP contribution in [0.3, 0.4) is 0 Å². The third-order valence-corrected chi connectivity index (χ3v) is 6.50. The minimum atomic E-state index is -4.58. The van der Waals surface area contributed by atoms with Gasteiger partial charge in [-0.3, -0.25) is 0 Å². The summed E-state index contributed by atoms with van der Waals surface area (Å²) in [7, 11) is 1.69. The molecular formula is C26H28F5N7O. The lowest BCUT2D eigenvalue weighted by Gasteiger charge is -2.35. The third-order valence-electron chi connectivity index (χ3n) is 6.50. The van der Waals surface area contributed by atoms with Gasteiger partial charge in [0.2, 0.25) is 11.8 Å². The maximum Gasteiger partial charge on any atom is 0.433 e. The molecule has 0 bridgehead atoms. The van der Waals surface area contributed by atoms with E-state index >= 15 is 0 Å². The molecule has 1 aliphatic heterocycles. The molecule has 0 aliphatic carbocycles. The molecule has 4 N–H and O–H groups in total. The SMILES string of the molecule is C=C(Nc1c(F)cccc1F)N1CCC(c2nc(N)ncc2C(COc2cccc(C(F)(F)F)n2)NC)CC1. The number of nitrogens with zero attached hydrogens (tertiary/aromatic N) is 4. The van der Waals surface area contributed by atoms with Crippen molar-refractivity contribution in [2.45, 2.75) is 31.0 Å². The van der Waals surface area contributed by atoms with E-state index < -0.39 is 29.5 Å². The Labute approximate surface area is 222 Å². The molecule has 0 radical (unpaired) electrons. The van der Waals surface area contributed by atoms with Gasteiger partial charge in [-0.1, -0.05) is 18.7 Å². The molecule has 0 saturated carbocycles. The number of halogens is 5. The molecule has 1 aliphatic rings. The smallest absolute Gasteiger partial charge is 0.433 e. The highest BCUT2D eigenvalue weighted by Crippen LogP contribution is 2.34. The van der Waals surface area contributed by atoms with Crippen LogP contribution in [0.15, 0.2) is 55.0 Å². The number of piperidine rings is 1. The maximum absolute atomic E-state index is 14.0. The molecule has 1 atom stereocenters. The fourth-order valence-electron chi connectivity index (χ4n) is 4.43. The van der Waals surface area contributed by atoms with Crippen molar-refractivity contribution in [1.82, 2.24) is 25.2 Å². The summed E-state index contributed by atoms with van der Waals surface area (Å²) in [5.74, 6) is -1.15. The highest BCUT2D eigenvalue weighted by molar-refractivity contribution is 5.50. The zero-order valence-corrected chi connectivity index (χ0v) is 21.1. The number of nitrogen functional groups attached to an aromatic ring is 1. The molecule has 1 saturated heterocycles. The average molecular weight is 550 g/mol. The predicted octanol–water partition coefficient (Wildman–Crippen LogP) is 4.85. The molecule has 13 heteroatoms. The van der Waals surface area contributed by atoms with Crippen LogP contribution in [-0.4, -0.2) is 46.6 Å². The molecule has 1 aromatic carbocycles. The Morgan fingerprint density at radius 2 is 1.79 bits per heavy atom. The van der Waals surface area contributed by atoms with Crippen LogP contribution >= 0.6 is 0 Å². The lowest BCUT2D eigenvalue weighted by Crippen LogP contribution is -2.36. The van der Waals surface area contributed by atoms with Gasteiger partial charge in [0.1, 0.15) is 29.6 Å². The maximum atomic E-state index is 14.0. The first-order valence-electron chi connectivity index (χ1n) is 12.2. The largest absolute Gasteiger partial charge is 0.476 e. The number of hydrogen-bond donors (Lipinski definition) is 3. The minimum absolute atomic E-state index is 0.0259. The van der Waals surface area contributed by atoms with Gasteiger partial charge in [0.15, 0.2) is 0 Å². The summed E-state index contributed by atoms with van der Waals surface area (Å²) in [5, 5.41) is 5.83. The van der Waals surface area contributed by atoms with E-state index in [4.69, 9.17) is 10.5 Å². The van der Waals surface area contributed by atoms with Gasteiger partial charge in [0.25, 0.3) is 0 Å². The summed E-state index contributed by atoms with van der Waals surface area (Å²) >= 11 is 0. The number of likely N-dealkylation sites (N-methyl/N-ethyl adjacent to an activating group) is 1. The minimum Gasteiger partial charge on any atom is -0.476 e. The van der Waals surface area contributed by atoms with Crippen molar-refractivity contribution < 1.29 is 26.7 Å². The normalized spacial score (nSPS) is 15.2. The molecule has 3 aromatic rings. The highest BCUT2D eigenvalue weighted by atomic mass is 19.4. The first kappa shape index (κ1) is 28.0. The Morgan fingerprint density at radius 3 is 2.44 bits per heavy atom. The number of ether oxygens (including phenoxy) is 1. The highest BCUT2D eigenvalue weighted by Gasteiger charge is 2.33. The van der Waals surface area contributed by atoms with Gasteiger partial charge in [0.05, 0.1) is 17.6 Å². The number of likely N-dealkylation sites (tertiary alicyclic amines) is 1. The Bertz CT molecular complexity index is 1290. The van der Waals surface area contributed by atoms with Gasteiger partial charge >= 0.3 is 6.18 Å². The summed E-state index contributed by atoms with van der Waals surface area (Å²) in [6.45, 7) is 4.97. The van der Waals surface area contributed by atoms with E-state index in [-0.39, 0.29) is 30.0 Å². The lowest BCUT2D eigenvalue weighted by atomic mass is 9.89. The standard InChI is InChI=1S/C26H28F5N7O/c1-15(35-24-18(27)5-3-6-19(24)28)38-11-9-16(10-12-38)23-17(13-34-25(32)37-23)20(33-2)14-39-22-8-4-7-21(36-22)26(29,30)31/h3-8,13,16,20,33,35H,1,9-12,14H2,2H3,(H2,32,34,37). The molecule has 0 amide bonds. The van der Waals surface area contributed by atoms with E-state index in [0.29, 0.717) is 43.0 Å². The van der Waals surface area contributed by atoms with Crippen LogP contribution in [0.25, 0.3) is 0 Å². The van der Waals surface area contributed by atoms with E-state index in [1.165, 1.54) is 18.2 Å². The molecule has 1 unspecified atom stereocenters. The second-order valence-corrected chi connectivity index (χ2v) is 9.01. The first-order chi connectivity index (χ1) is 18.6. The van der Waals surface area contributed by atoms with Crippen LogP contribution in [0.2, 0.25) is 0 Å². The number of pyridine rings is 1. The molecule has 208 valence electrons. The number of para-hydroxylation sites is 1. The summed E-state index contributed by atoms with van der Waals surface area (Å²) in [6.07, 6.45) is -1.73. The topological polar surface area (TPSA) is 101 Å². The third kappa shape index (κ3) is 6.72. The Hall–Kier alpha value is -4.00. The molecule has 1 fully saturated rings. The van der Waals surface area contributed by atoms with Crippen LogP contribution in [0.5, 0.6) is 5.88 Å². The number of anilines is 2. The van der Waals surface area contributed by atoms with Crippen molar-refractivity contribution in [3.05, 3.63) is 83.6 Å². The number of nitrogens with two attached hydrogens (primary N) is 1. The van der Waals surface area contributed by atoms with Gasteiger partial charge in [-0.25, -0.2) is 23.7 Å². The van der Waals surface area contributed by atoms with Crippen LogP contribution in [0.4, 0.5) is 33.6 Å². The Kier molecular flexibility index (Phi) is 8.48. The number of nitrogens with one attached hydrogen (secondary N) is 2. The molecular weight excluding hydrogens is 521 g/mol. The molecule has 0 spiro atoms. The van der Waals surface area contributed by atoms with E-state index in [0.717, 1.165) is 18.2 Å². The molecule has 8 nitrogen and oxygen atoms in total. The fourth-order valence-corrected chi connectivity index (χ4v) is 4.43. The number of alkyl halides is 3. The molecule has 3 heterocycles. The number of rotatable bonds is 9. The molecule has 4 rings (SSSR count). The summed E-state index contributed by atoms with van der Waals surface area (Å²) in [6, 6.07) is 6.61. The zero-order valence-electron chi connectivity index (χ0n) is 21.1. The van der Waals surface area contributed by atoms with Gasteiger partial charge in [-0.2, -0.15) is 13.2 Å². The van der Waals surface area contributed by atoms with Gasteiger partial charge in [0, 0.05) is 36.8 Å². The summed E-state index contributed by atoms with van der Waals surface area (Å²) < 4.78 is 72.7. The summed E-state index contributed by atoms with van der Waals surface area (Å²) in [5.41, 5.74) is 5.98. The molecule has 39 heavy (non-hydrogen) atoms. The number of hydrogen-bond acceptors (Lipinski definition) is 8. The van der Waals surface area contributed by atoms with Gasteiger partial charge in [-0.05, 0) is 38.1 Å². The molecule has 2 aromatic heterocycles. The van der Waals surface area contributed by atoms with Crippen LogP contribution in [0.1, 0.15) is 41.8 Å². The average Bonchev–Trinajstić information content (AvgIpc) is 2.91. The van der Waals surface area contributed by atoms with E-state index in [9.17, 15) is 22.0 Å². The quantitative estimate of drug-likeness (QED) is 0.326. The lowest BCUT2D eigenvalue weighted by molar-refractivity contribution is -0.141. The van der Waals surface area contributed by atoms with Crippen molar-refractivity contribution >= 4 is 11.6 Å². The number of benzene rings is 1. The van der Waals surface area contributed by atoms with Crippen LogP contribution in [0, 0.1) is 11.6 Å². The van der Waals surface area contributed by atoms with Crippen LogP contribution in [-0.2, 0) is 6.18 Å². The van der Waals surface area contributed by atoms with Gasteiger partial charge in [-0.15, -0.1) is 0 Å². The van der Waals surface area contributed by atoms with Crippen molar-refractivity contribution in [2.75, 3.05) is 37.8 Å². The van der Waals surface area contributed by atoms with E-state index in [2.05, 4.69) is 32.2 Å². The van der Waals surface area contributed by atoms with E-state index in [1.54, 1.807) is 13.2 Å². The summed E-state index contributed by atoms with van der Waals surface area (Å²) in [4.78, 5) is 14.0. The van der Waals surface area contributed by atoms with Crippen molar-refractivity contribution in [3.63, 3.8) is 0 Å². The fraction of sp³-hybridized carbons (Fsp3) is 0.346. The van der Waals surface area contributed by atoms with Gasteiger partial charge < -0.3 is 26.0 Å². The van der Waals surface area contributed by atoms with Crippen molar-refractivity contribution in [3.8, 4) is 5.88 Å². The second-order valence-electron chi connectivity index (χ2n) is 9.01. The zero-order chi connectivity index (χ0) is 28.2. The second kappa shape index (κ2) is 11.8. The predicted molar refractivity (Wildman–Crippen MR) is 136 cm³/mol. The van der Waals surface area contributed by atoms with Crippen molar-refractivity contribution in [1.29, 1.82) is 0 Å². The van der Waals surface area contributed by atoms with Crippen LogP contribution < -0.4 is 21.1 Å². The first-order valence-corrected chi connectivity index (χ1v) is 12.2. The van der Waals surface area contributed by atoms with E-state index in [1.807, 2.05) is 4.90 Å². The Morgan fingerprint density at radius 1 is 1.13 bits per heavy atom. The monoisotopic (exact) mass is 549 g/mol.